The molecule has 0 radical (unpaired) electrons. The molecule has 0 aliphatic carbocycles. The molecular weight excluding hydrogens is 312 g/mol. The van der Waals surface area contributed by atoms with Crippen LogP contribution in [0.1, 0.15) is 18.7 Å². The van der Waals surface area contributed by atoms with Gasteiger partial charge in [-0.3, -0.25) is 4.79 Å². The summed E-state index contributed by atoms with van der Waals surface area (Å²) in [7, 11) is 0. The van der Waals surface area contributed by atoms with Gasteiger partial charge in [0.2, 0.25) is 0 Å². The monoisotopic (exact) mass is 328 g/mol. The fourth-order valence-electron chi connectivity index (χ4n) is 2.31. The fraction of sp³-hybridized carbons (Fsp3) is 0.235. The van der Waals surface area contributed by atoms with E-state index in [1.165, 1.54) is 27.8 Å². The highest BCUT2D eigenvalue weighted by molar-refractivity contribution is 8.00. The summed E-state index contributed by atoms with van der Waals surface area (Å²) in [6.45, 7) is 5.65. The first kappa shape index (κ1) is 15.2. The minimum absolute atomic E-state index is 0.109. The smallest absolute Gasteiger partial charge is 0.142 e. The number of thiophene rings is 1. The number of carbonyl (C=O) groups is 1. The standard InChI is InChI=1S/C17H16N2OS2/c1-10(20)11(2)21-16-15-14(13-7-5-4-6-8-13)12(3)22-17(15)19-9-18-16/h4-9,11H,1-3H3. The average Bonchev–Trinajstić information content (AvgIpc) is 2.85. The molecule has 0 amide bonds. The summed E-state index contributed by atoms with van der Waals surface area (Å²) in [6.07, 6.45) is 1.59. The minimum atomic E-state index is -0.109. The Morgan fingerprint density at radius 3 is 2.64 bits per heavy atom. The third-order valence-electron chi connectivity index (χ3n) is 3.55. The maximum absolute atomic E-state index is 11.6. The number of rotatable bonds is 4. The molecule has 0 aliphatic heterocycles. The summed E-state index contributed by atoms with van der Waals surface area (Å²) in [5.74, 6) is 0.157. The Labute approximate surface area is 137 Å². The van der Waals surface area contributed by atoms with Gasteiger partial charge in [-0.25, -0.2) is 9.97 Å². The first-order chi connectivity index (χ1) is 10.6. The van der Waals surface area contributed by atoms with Gasteiger partial charge in [-0.1, -0.05) is 42.1 Å². The zero-order valence-electron chi connectivity index (χ0n) is 12.7. The van der Waals surface area contributed by atoms with Crippen LogP contribution < -0.4 is 0 Å². The molecular formula is C17H16N2OS2. The number of benzene rings is 1. The number of thioether (sulfide) groups is 1. The molecule has 1 unspecified atom stereocenters. The number of Topliss-reactive ketones (excluding diaryl/α,β-unsaturated/α-hetero) is 1. The third kappa shape index (κ3) is 2.78. The van der Waals surface area contributed by atoms with Crippen molar-refractivity contribution < 1.29 is 4.79 Å². The number of ketones is 1. The number of aromatic nitrogens is 2. The molecule has 0 N–H and O–H groups in total. The van der Waals surface area contributed by atoms with Gasteiger partial charge in [-0.05, 0) is 26.3 Å². The number of hydrogen-bond acceptors (Lipinski definition) is 5. The molecule has 0 saturated heterocycles. The number of carbonyl (C=O) groups excluding carboxylic acids is 1. The Kier molecular flexibility index (Phi) is 4.27. The lowest BCUT2D eigenvalue weighted by molar-refractivity contribution is -0.116. The molecule has 112 valence electrons. The van der Waals surface area contributed by atoms with Crippen molar-refractivity contribution in [1.82, 2.24) is 9.97 Å². The van der Waals surface area contributed by atoms with E-state index in [2.05, 4.69) is 29.0 Å². The van der Waals surface area contributed by atoms with Crippen LogP contribution in [0, 0.1) is 6.92 Å². The van der Waals surface area contributed by atoms with Gasteiger partial charge < -0.3 is 0 Å². The van der Waals surface area contributed by atoms with E-state index in [9.17, 15) is 4.79 Å². The van der Waals surface area contributed by atoms with Gasteiger partial charge >= 0.3 is 0 Å². The van der Waals surface area contributed by atoms with Gasteiger partial charge in [0.1, 0.15) is 22.0 Å². The van der Waals surface area contributed by atoms with Crippen molar-refractivity contribution in [3.05, 3.63) is 41.5 Å². The lowest BCUT2D eigenvalue weighted by atomic mass is 10.0. The van der Waals surface area contributed by atoms with E-state index in [0.29, 0.717) is 0 Å². The Morgan fingerprint density at radius 1 is 1.23 bits per heavy atom. The van der Waals surface area contributed by atoms with Gasteiger partial charge in [0.15, 0.2) is 0 Å². The molecule has 3 nitrogen and oxygen atoms in total. The lowest BCUT2D eigenvalue weighted by Crippen LogP contribution is -2.08. The number of aryl methyl sites for hydroxylation is 1. The van der Waals surface area contributed by atoms with Gasteiger partial charge in [0.25, 0.3) is 0 Å². The maximum Gasteiger partial charge on any atom is 0.142 e. The van der Waals surface area contributed by atoms with Crippen molar-refractivity contribution in [3.8, 4) is 11.1 Å². The Morgan fingerprint density at radius 2 is 1.95 bits per heavy atom. The van der Waals surface area contributed by atoms with Gasteiger partial charge in [0, 0.05) is 10.4 Å². The third-order valence-corrected chi connectivity index (χ3v) is 5.78. The molecule has 0 fully saturated rings. The summed E-state index contributed by atoms with van der Waals surface area (Å²) in [5.41, 5.74) is 2.35. The molecule has 3 rings (SSSR count). The predicted octanol–water partition coefficient (Wildman–Crippen LogP) is 4.74. The second-order valence-electron chi connectivity index (χ2n) is 5.13. The van der Waals surface area contributed by atoms with Crippen LogP contribution in [0.4, 0.5) is 0 Å². The first-order valence-electron chi connectivity index (χ1n) is 7.04. The van der Waals surface area contributed by atoms with Crippen LogP contribution in [0.3, 0.4) is 0 Å². The van der Waals surface area contributed by atoms with E-state index in [1.807, 2.05) is 25.1 Å². The fourth-order valence-corrected chi connectivity index (χ4v) is 4.31. The molecule has 5 heteroatoms. The maximum atomic E-state index is 11.6. The molecule has 0 bridgehead atoms. The van der Waals surface area contributed by atoms with E-state index >= 15 is 0 Å². The topological polar surface area (TPSA) is 42.9 Å². The average molecular weight is 328 g/mol. The summed E-state index contributed by atoms with van der Waals surface area (Å²) < 4.78 is 0. The molecule has 0 saturated carbocycles. The lowest BCUT2D eigenvalue weighted by Gasteiger charge is -2.09. The molecule has 1 aromatic carbocycles. The largest absolute Gasteiger partial charge is 0.299 e. The predicted molar refractivity (Wildman–Crippen MR) is 93.6 cm³/mol. The van der Waals surface area contributed by atoms with Crippen LogP contribution in [-0.4, -0.2) is 21.0 Å². The Bertz CT molecular complexity index is 827. The quantitative estimate of drug-likeness (QED) is 0.512. The molecule has 22 heavy (non-hydrogen) atoms. The number of hydrogen-bond donors (Lipinski definition) is 0. The van der Waals surface area contributed by atoms with Crippen LogP contribution in [0.2, 0.25) is 0 Å². The van der Waals surface area contributed by atoms with Crippen molar-refractivity contribution in [2.75, 3.05) is 0 Å². The second-order valence-corrected chi connectivity index (χ2v) is 7.66. The van der Waals surface area contributed by atoms with Crippen LogP contribution in [0.25, 0.3) is 21.3 Å². The molecule has 2 heterocycles. The van der Waals surface area contributed by atoms with E-state index in [-0.39, 0.29) is 11.0 Å². The van der Waals surface area contributed by atoms with Crippen LogP contribution in [0.5, 0.6) is 0 Å². The highest BCUT2D eigenvalue weighted by atomic mass is 32.2. The van der Waals surface area contributed by atoms with E-state index < -0.39 is 0 Å². The molecule has 1 atom stereocenters. The summed E-state index contributed by atoms with van der Waals surface area (Å²) in [5, 5.41) is 1.84. The van der Waals surface area contributed by atoms with Crippen molar-refractivity contribution >= 4 is 39.1 Å². The van der Waals surface area contributed by atoms with Gasteiger partial charge in [-0.2, -0.15) is 0 Å². The van der Waals surface area contributed by atoms with Crippen molar-refractivity contribution in [2.45, 2.75) is 31.0 Å². The van der Waals surface area contributed by atoms with E-state index in [4.69, 9.17) is 0 Å². The Hall–Kier alpha value is -1.72. The van der Waals surface area contributed by atoms with Gasteiger partial charge in [0.05, 0.1) is 10.6 Å². The Balaban J connectivity index is 2.20. The van der Waals surface area contributed by atoms with E-state index in [1.54, 1.807) is 24.6 Å². The summed E-state index contributed by atoms with van der Waals surface area (Å²) in [6, 6.07) is 10.3. The van der Waals surface area contributed by atoms with Crippen molar-refractivity contribution in [1.29, 1.82) is 0 Å². The van der Waals surface area contributed by atoms with Crippen LogP contribution in [-0.2, 0) is 4.79 Å². The van der Waals surface area contributed by atoms with Crippen LogP contribution in [0.15, 0.2) is 41.7 Å². The zero-order valence-corrected chi connectivity index (χ0v) is 14.3. The second kappa shape index (κ2) is 6.18. The highest BCUT2D eigenvalue weighted by Crippen LogP contribution is 2.41. The SMILES string of the molecule is CC(=O)C(C)Sc1ncnc2sc(C)c(-c3ccccc3)c12. The molecule has 2 aromatic heterocycles. The van der Waals surface area contributed by atoms with E-state index in [0.717, 1.165) is 15.2 Å². The number of nitrogens with zero attached hydrogens (tertiary/aromatic N) is 2. The van der Waals surface area contributed by atoms with Gasteiger partial charge in [-0.15, -0.1) is 11.3 Å². The molecule has 3 aromatic rings. The summed E-state index contributed by atoms with van der Waals surface area (Å²) in [4.78, 5) is 22.6. The number of fused-ring (bicyclic) bond motifs is 1. The zero-order chi connectivity index (χ0) is 15.7. The highest BCUT2D eigenvalue weighted by Gasteiger charge is 2.19. The molecule has 0 aliphatic rings. The normalized spacial score (nSPS) is 12.5. The van der Waals surface area contributed by atoms with Crippen LogP contribution >= 0.6 is 23.1 Å². The summed E-state index contributed by atoms with van der Waals surface area (Å²) >= 11 is 3.18. The van der Waals surface area contributed by atoms with Crippen molar-refractivity contribution in [3.63, 3.8) is 0 Å². The molecule has 0 spiro atoms. The minimum Gasteiger partial charge on any atom is -0.299 e. The van der Waals surface area contributed by atoms with Crippen molar-refractivity contribution in [2.24, 2.45) is 0 Å². The first-order valence-corrected chi connectivity index (χ1v) is 8.74.